The molecule has 2 aromatic rings. The number of nitrogens with one attached hydrogen (secondary N) is 2. The minimum atomic E-state index is -0.0897. The molecule has 3 rings (SSSR count). The van der Waals surface area contributed by atoms with E-state index in [0.29, 0.717) is 12.1 Å². The second-order valence-corrected chi connectivity index (χ2v) is 7.44. The summed E-state index contributed by atoms with van der Waals surface area (Å²) in [5, 5.41) is 11.1. The van der Waals surface area contributed by atoms with E-state index in [-0.39, 0.29) is 11.4 Å². The molecule has 0 atom stereocenters. The van der Waals surface area contributed by atoms with Gasteiger partial charge in [-0.3, -0.25) is 14.8 Å². The molecule has 2 N–H and O–H groups in total. The van der Waals surface area contributed by atoms with Crippen LogP contribution in [-0.2, 0) is 4.74 Å². The first-order valence-corrected chi connectivity index (χ1v) is 8.80. The first-order chi connectivity index (χ1) is 11.0. The van der Waals surface area contributed by atoms with Gasteiger partial charge in [-0.25, -0.2) is 0 Å². The topological polar surface area (TPSA) is 70.2 Å². The Morgan fingerprint density at radius 2 is 2.17 bits per heavy atom. The van der Waals surface area contributed by atoms with Gasteiger partial charge in [0.2, 0.25) is 0 Å². The number of ether oxygens (including phenoxy) is 1. The summed E-state index contributed by atoms with van der Waals surface area (Å²) in [6.45, 7) is 8.23. The standard InChI is InChI=1S/C16H21IN4O2/c1-16(2,21-5-7-23-8-6-21)10-18-15(22)11-3-4-13-12(9-11)14(17)20-19-13/h3-4,9H,5-8,10H2,1-2H3,(H,18,22)(H,19,20). The SMILES string of the molecule is CC(C)(CNC(=O)c1ccc2n[nH]c(I)c2c1)N1CCOCC1. The number of amides is 1. The van der Waals surface area contributed by atoms with Crippen molar-refractivity contribution in [3.05, 3.63) is 27.5 Å². The zero-order valence-electron chi connectivity index (χ0n) is 13.4. The van der Waals surface area contributed by atoms with Gasteiger partial charge in [0.1, 0.15) is 3.70 Å². The first kappa shape index (κ1) is 16.7. The molecule has 0 aliphatic carbocycles. The third-order valence-corrected chi connectivity index (χ3v) is 5.14. The normalized spacial score (nSPS) is 16.7. The Morgan fingerprint density at radius 3 is 2.91 bits per heavy atom. The number of morpholine rings is 1. The highest BCUT2D eigenvalue weighted by Crippen LogP contribution is 2.20. The van der Waals surface area contributed by atoms with Crippen LogP contribution < -0.4 is 5.32 Å². The number of halogens is 1. The Hall–Kier alpha value is -1.19. The number of rotatable bonds is 4. The molecule has 124 valence electrons. The number of carbonyl (C=O) groups is 1. The lowest BCUT2D eigenvalue weighted by Gasteiger charge is -2.40. The average molecular weight is 428 g/mol. The van der Waals surface area contributed by atoms with Gasteiger partial charge in [0, 0.05) is 36.1 Å². The number of fused-ring (bicyclic) bond motifs is 1. The lowest BCUT2D eigenvalue weighted by Crippen LogP contribution is -2.55. The number of nitrogens with zero attached hydrogens (tertiary/aromatic N) is 2. The molecule has 1 fully saturated rings. The van der Waals surface area contributed by atoms with Crippen molar-refractivity contribution >= 4 is 39.4 Å². The van der Waals surface area contributed by atoms with E-state index in [1.54, 1.807) is 0 Å². The fourth-order valence-corrected chi connectivity index (χ4v) is 3.35. The van der Waals surface area contributed by atoms with Gasteiger partial charge in [0.15, 0.2) is 0 Å². The molecule has 6 nitrogen and oxygen atoms in total. The molecular formula is C16H21IN4O2. The predicted molar refractivity (Wildman–Crippen MR) is 97.6 cm³/mol. The maximum Gasteiger partial charge on any atom is 0.251 e. The van der Waals surface area contributed by atoms with Crippen LogP contribution in [0.25, 0.3) is 10.9 Å². The highest BCUT2D eigenvalue weighted by molar-refractivity contribution is 14.1. The van der Waals surface area contributed by atoms with Crippen LogP contribution in [0.5, 0.6) is 0 Å². The van der Waals surface area contributed by atoms with E-state index in [4.69, 9.17) is 4.74 Å². The van der Waals surface area contributed by atoms with E-state index < -0.39 is 0 Å². The fourth-order valence-electron chi connectivity index (χ4n) is 2.80. The van der Waals surface area contributed by atoms with Crippen molar-refractivity contribution in [2.75, 3.05) is 32.8 Å². The van der Waals surface area contributed by atoms with Crippen LogP contribution >= 0.6 is 22.6 Å². The van der Waals surface area contributed by atoms with Crippen LogP contribution in [-0.4, -0.2) is 59.4 Å². The van der Waals surface area contributed by atoms with Gasteiger partial charge in [0.05, 0.1) is 18.7 Å². The third kappa shape index (κ3) is 3.67. The molecule has 1 aliphatic rings. The van der Waals surface area contributed by atoms with Crippen LogP contribution in [0.3, 0.4) is 0 Å². The van der Waals surface area contributed by atoms with Crippen molar-refractivity contribution in [1.82, 2.24) is 20.4 Å². The van der Waals surface area contributed by atoms with Crippen LogP contribution in [0.15, 0.2) is 18.2 Å². The monoisotopic (exact) mass is 428 g/mol. The lowest BCUT2D eigenvalue weighted by atomic mass is 10.0. The molecule has 1 saturated heterocycles. The van der Waals surface area contributed by atoms with Gasteiger partial charge < -0.3 is 10.1 Å². The summed E-state index contributed by atoms with van der Waals surface area (Å²) in [6, 6.07) is 5.57. The zero-order chi connectivity index (χ0) is 16.4. The molecule has 1 aliphatic heterocycles. The molecule has 1 aromatic heterocycles. The summed E-state index contributed by atoms with van der Waals surface area (Å²) >= 11 is 2.19. The van der Waals surface area contributed by atoms with E-state index in [1.807, 2.05) is 18.2 Å². The highest BCUT2D eigenvalue weighted by atomic mass is 127. The molecule has 7 heteroatoms. The summed E-state index contributed by atoms with van der Waals surface area (Å²) in [5.74, 6) is -0.0507. The maximum atomic E-state index is 12.5. The average Bonchev–Trinajstić information content (AvgIpc) is 2.94. The summed E-state index contributed by atoms with van der Waals surface area (Å²) in [6.07, 6.45) is 0. The van der Waals surface area contributed by atoms with Crippen LogP contribution in [0.2, 0.25) is 0 Å². The van der Waals surface area contributed by atoms with E-state index >= 15 is 0 Å². The second kappa shape index (κ2) is 6.74. The summed E-state index contributed by atoms with van der Waals surface area (Å²) in [4.78, 5) is 14.8. The highest BCUT2D eigenvalue weighted by Gasteiger charge is 2.28. The second-order valence-electron chi connectivity index (χ2n) is 6.36. The quantitative estimate of drug-likeness (QED) is 0.732. The van der Waals surface area contributed by atoms with Gasteiger partial charge in [-0.1, -0.05) is 0 Å². The number of hydrogen-bond donors (Lipinski definition) is 2. The first-order valence-electron chi connectivity index (χ1n) is 7.72. The zero-order valence-corrected chi connectivity index (χ0v) is 15.5. The Labute approximate surface area is 149 Å². The van der Waals surface area contributed by atoms with E-state index in [1.165, 1.54) is 0 Å². The van der Waals surface area contributed by atoms with Gasteiger partial charge in [-0.2, -0.15) is 5.10 Å². The molecule has 23 heavy (non-hydrogen) atoms. The van der Waals surface area contributed by atoms with Crippen molar-refractivity contribution in [3.63, 3.8) is 0 Å². The molecule has 1 amide bonds. The molecule has 0 spiro atoms. The van der Waals surface area contributed by atoms with Crippen molar-refractivity contribution in [1.29, 1.82) is 0 Å². The molecule has 0 bridgehead atoms. The summed E-state index contributed by atoms with van der Waals surface area (Å²) in [5.41, 5.74) is 1.45. The molecule has 0 unspecified atom stereocenters. The number of hydrogen-bond acceptors (Lipinski definition) is 4. The lowest BCUT2D eigenvalue weighted by molar-refractivity contribution is -0.00923. The fraction of sp³-hybridized carbons (Fsp3) is 0.500. The molecule has 0 radical (unpaired) electrons. The van der Waals surface area contributed by atoms with Crippen LogP contribution in [0.1, 0.15) is 24.2 Å². The summed E-state index contributed by atoms with van der Waals surface area (Å²) in [7, 11) is 0. The van der Waals surface area contributed by atoms with Gasteiger partial charge in [0.25, 0.3) is 5.91 Å². The predicted octanol–water partition coefficient (Wildman–Crippen LogP) is 2.01. The molecule has 1 aromatic carbocycles. The molecular weight excluding hydrogens is 407 g/mol. The van der Waals surface area contributed by atoms with Crippen molar-refractivity contribution in [3.8, 4) is 0 Å². The minimum absolute atomic E-state index is 0.0507. The number of benzene rings is 1. The van der Waals surface area contributed by atoms with E-state index in [2.05, 4.69) is 56.9 Å². The van der Waals surface area contributed by atoms with Crippen molar-refractivity contribution < 1.29 is 9.53 Å². The van der Waals surface area contributed by atoms with Crippen molar-refractivity contribution in [2.45, 2.75) is 19.4 Å². The summed E-state index contributed by atoms with van der Waals surface area (Å²) < 4.78 is 6.34. The third-order valence-electron chi connectivity index (χ3n) is 4.32. The smallest absolute Gasteiger partial charge is 0.251 e. The minimum Gasteiger partial charge on any atom is -0.379 e. The Morgan fingerprint density at radius 1 is 1.43 bits per heavy atom. The van der Waals surface area contributed by atoms with Crippen LogP contribution in [0, 0.1) is 3.70 Å². The number of carbonyl (C=O) groups excluding carboxylic acids is 1. The Bertz CT molecular complexity index is 707. The maximum absolute atomic E-state index is 12.5. The number of aromatic amines is 1. The van der Waals surface area contributed by atoms with E-state index in [9.17, 15) is 4.79 Å². The number of H-pyrrole nitrogens is 1. The molecule has 2 heterocycles. The Balaban J connectivity index is 1.66. The van der Waals surface area contributed by atoms with Gasteiger partial charge in [-0.15, -0.1) is 0 Å². The van der Waals surface area contributed by atoms with Crippen molar-refractivity contribution in [2.24, 2.45) is 0 Å². The van der Waals surface area contributed by atoms with Gasteiger partial charge in [-0.05, 0) is 54.6 Å². The Kier molecular flexibility index (Phi) is 4.88. The number of aromatic nitrogens is 2. The van der Waals surface area contributed by atoms with E-state index in [0.717, 1.165) is 40.9 Å². The van der Waals surface area contributed by atoms with Gasteiger partial charge >= 0.3 is 0 Å². The largest absolute Gasteiger partial charge is 0.379 e. The molecule has 0 saturated carbocycles. The van der Waals surface area contributed by atoms with Crippen LogP contribution in [0.4, 0.5) is 0 Å².